The number of benzene rings is 1. The van der Waals surface area contributed by atoms with Gasteiger partial charge in [-0.15, -0.1) is 0 Å². The molecule has 1 aromatic carbocycles. The first-order valence-corrected chi connectivity index (χ1v) is 6.52. The molecule has 0 aliphatic carbocycles. The van der Waals surface area contributed by atoms with Gasteiger partial charge in [-0.1, -0.05) is 12.1 Å². The highest BCUT2D eigenvalue weighted by molar-refractivity contribution is 5.99. The van der Waals surface area contributed by atoms with Crippen molar-refractivity contribution in [1.29, 1.82) is 0 Å². The number of nitrogens with one attached hydrogen (secondary N) is 2. The van der Waals surface area contributed by atoms with Crippen LogP contribution in [0.3, 0.4) is 0 Å². The maximum absolute atomic E-state index is 12.8. The van der Waals surface area contributed by atoms with Gasteiger partial charge in [-0.25, -0.2) is 0 Å². The Labute approximate surface area is 129 Å². The van der Waals surface area contributed by atoms with Crippen molar-refractivity contribution < 1.29 is 22.8 Å². The third kappa shape index (κ3) is 4.53. The second-order valence-electron chi connectivity index (χ2n) is 4.52. The summed E-state index contributed by atoms with van der Waals surface area (Å²) in [4.78, 5) is 27.2. The number of para-hydroxylation sites is 1. The van der Waals surface area contributed by atoms with Crippen LogP contribution in [0, 0.1) is 0 Å². The number of amides is 2. The monoisotopic (exact) mass is 323 g/mol. The van der Waals surface area contributed by atoms with Gasteiger partial charge in [0.05, 0.1) is 23.4 Å². The van der Waals surface area contributed by atoms with Crippen LogP contribution in [0.2, 0.25) is 0 Å². The molecule has 5 nitrogen and oxygen atoms in total. The van der Waals surface area contributed by atoms with Gasteiger partial charge in [-0.3, -0.25) is 14.6 Å². The number of rotatable bonds is 4. The zero-order valence-electron chi connectivity index (χ0n) is 11.7. The van der Waals surface area contributed by atoms with E-state index in [2.05, 4.69) is 15.6 Å². The van der Waals surface area contributed by atoms with E-state index in [4.69, 9.17) is 0 Å². The normalized spacial score (nSPS) is 10.9. The summed E-state index contributed by atoms with van der Waals surface area (Å²) in [6, 6.07) is 7.66. The fraction of sp³-hybridized carbons (Fsp3) is 0.133. The number of aromatic nitrogens is 1. The lowest BCUT2D eigenvalue weighted by molar-refractivity contribution is -0.137. The molecule has 0 aliphatic heterocycles. The maximum atomic E-state index is 12.8. The lowest BCUT2D eigenvalue weighted by Crippen LogP contribution is -2.33. The average Bonchev–Trinajstić information content (AvgIpc) is 2.53. The second kappa shape index (κ2) is 6.91. The minimum absolute atomic E-state index is 0.246. The van der Waals surface area contributed by atoms with Gasteiger partial charge in [0.25, 0.3) is 5.91 Å². The van der Waals surface area contributed by atoms with Gasteiger partial charge in [-0.2, -0.15) is 13.2 Å². The van der Waals surface area contributed by atoms with E-state index in [1.54, 1.807) is 6.07 Å². The molecule has 2 N–H and O–H groups in total. The van der Waals surface area contributed by atoms with E-state index in [9.17, 15) is 22.8 Å². The number of hydrogen-bond donors (Lipinski definition) is 2. The molecule has 0 spiro atoms. The Morgan fingerprint density at radius 3 is 2.48 bits per heavy atom. The first-order chi connectivity index (χ1) is 10.9. The molecule has 0 aliphatic rings. The average molecular weight is 323 g/mol. The number of anilines is 1. The molecule has 1 aromatic heterocycles. The van der Waals surface area contributed by atoms with E-state index in [-0.39, 0.29) is 11.3 Å². The highest BCUT2D eigenvalue weighted by Gasteiger charge is 2.33. The van der Waals surface area contributed by atoms with E-state index in [1.165, 1.54) is 30.6 Å². The SMILES string of the molecule is O=C(CNC(=O)c1cccnc1)Nc1ccccc1C(F)(F)F. The number of carbonyl (C=O) groups excluding carboxylic acids is 2. The molecule has 0 bridgehead atoms. The van der Waals surface area contributed by atoms with Crippen LogP contribution in [0.15, 0.2) is 48.8 Å². The summed E-state index contributed by atoms with van der Waals surface area (Å²) in [5.41, 5.74) is -1.07. The summed E-state index contributed by atoms with van der Waals surface area (Å²) in [7, 11) is 0. The highest BCUT2D eigenvalue weighted by atomic mass is 19.4. The number of alkyl halides is 3. The molecular weight excluding hydrogens is 311 g/mol. The Morgan fingerprint density at radius 1 is 1.09 bits per heavy atom. The fourth-order valence-corrected chi connectivity index (χ4v) is 1.79. The zero-order chi connectivity index (χ0) is 16.9. The van der Waals surface area contributed by atoms with Gasteiger partial charge in [0.1, 0.15) is 0 Å². The molecular formula is C15H12F3N3O2. The minimum Gasteiger partial charge on any atom is -0.343 e. The van der Waals surface area contributed by atoms with Crippen molar-refractivity contribution in [2.24, 2.45) is 0 Å². The summed E-state index contributed by atoms with van der Waals surface area (Å²) in [6.45, 7) is -0.458. The Morgan fingerprint density at radius 2 is 1.83 bits per heavy atom. The van der Waals surface area contributed by atoms with Gasteiger partial charge in [0.15, 0.2) is 0 Å². The predicted molar refractivity (Wildman–Crippen MR) is 76.6 cm³/mol. The van der Waals surface area contributed by atoms with Crippen LogP contribution >= 0.6 is 0 Å². The van der Waals surface area contributed by atoms with Crippen molar-refractivity contribution in [3.8, 4) is 0 Å². The summed E-state index contributed by atoms with van der Waals surface area (Å²) >= 11 is 0. The number of halogens is 3. The summed E-state index contributed by atoms with van der Waals surface area (Å²) < 4.78 is 38.4. The molecule has 2 rings (SSSR count). The standard InChI is InChI=1S/C15H12F3N3O2/c16-15(17,18)11-5-1-2-6-12(11)21-13(22)9-20-14(23)10-4-3-7-19-8-10/h1-8H,9H2,(H,20,23)(H,21,22). The molecule has 0 saturated heterocycles. The van der Waals surface area contributed by atoms with Gasteiger partial charge in [0.2, 0.25) is 5.91 Å². The van der Waals surface area contributed by atoms with Crippen LogP contribution in [0.1, 0.15) is 15.9 Å². The smallest absolute Gasteiger partial charge is 0.343 e. The molecule has 23 heavy (non-hydrogen) atoms. The van der Waals surface area contributed by atoms with E-state index in [0.29, 0.717) is 0 Å². The molecule has 8 heteroatoms. The van der Waals surface area contributed by atoms with Crippen LogP contribution in [0.25, 0.3) is 0 Å². The van der Waals surface area contributed by atoms with Crippen molar-refractivity contribution in [2.45, 2.75) is 6.18 Å². The Hall–Kier alpha value is -2.90. The van der Waals surface area contributed by atoms with Crippen LogP contribution in [0.5, 0.6) is 0 Å². The lowest BCUT2D eigenvalue weighted by atomic mass is 10.1. The summed E-state index contributed by atoms with van der Waals surface area (Å²) in [6.07, 6.45) is -1.79. The molecule has 2 aromatic rings. The summed E-state index contributed by atoms with van der Waals surface area (Å²) in [5, 5.41) is 4.44. The van der Waals surface area contributed by atoms with Crippen LogP contribution < -0.4 is 10.6 Å². The Bertz CT molecular complexity index is 703. The summed E-state index contributed by atoms with van der Waals surface area (Å²) in [5.74, 6) is -1.31. The molecule has 120 valence electrons. The largest absolute Gasteiger partial charge is 0.418 e. The Balaban J connectivity index is 1.97. The number of nitrogens with zero attached hydrogens (tertiary/aromatic N) is 1. The van der Waals surface area contributed by atoms with Crippen LogP contribution in [-0.2, 0) is 11.0 Å². The van der Waals surface area contributed by atoms with Crippen LogP contribution in [-0.4, -0.2) is 23.3 Å². The minimum atomic E-state index is -4.58. The van der Waals surface area contributed by atoms with E-state index < -0.39 is 30.1 Å². The predicted octanol–water partition coefficient (Wildman–Crippen LogP) is 2.47. The van der Waals surface area contributed by atoms with Crippen molar-refractivity contribution in [2.75, 3.05) is 11.9 Å². The molecule has 0 fully saturated rings. The zero-order valence-corrected chi connectivity index (χ0v) is 11.7. The molecule has 1 heterocycles. The molecule has 0 radical (unpaired) electrons. The van der Waals surface area contributed by atoms with Gasteiger partial charge >= 0.3 is 6.18 Å². The van der Waals surface area contributed by atoms with E-state index in [1.807, 2.05) is 0 Å². The number of carbonyl (C=O) groups is 2. The first kappa shape index (κ1) is 16.5. The van der Waals surface area contributed by atoms with Gasteiger partial charge in [-0.05, 0) is 24.3 Å². The Kier molecular flexibility index (Phi) is 4.95. The third-order valence-corrected chi connectivity index (χ3v) is 2.84. The van der Waals surface area contributed by atoms with E-state index >= 15 is 0 Å². The first-order valence-electron chi connectivity index (χ1n) is 6.52. The molecule has 2 amide bonds. The topological polar surface area (TPSA) is 71.1 Å². The fourth-order valence-electron chi connectivity index (χ4n) is 1.79. The van der Waals surface area contributed by atoms with Crippen molar-refractivity contribution in [3.63, 3.8) is 0 Å². The van der Waals surface area contributed by atoms with Crippen molar-refractivity contribution >= 4 is 17.5 Å². The van der Waals surface area contributed by atoms with Crippen LogP contribution in [0.4, 0.5) is 18.9 Å². The van der Waals surface area contributed by atoms with Gasteiger partial charge < -0.3 is 10.6 Å². The molecule has 0 saturated carbocycles. The molecule has 0 atom stereocenters. The number of hydrogen-bond acceptors (Lipinski definition) is 3. The van der Waals surface area contributed by atoms with Gasteiger partial charge in [0, 0.05) is 12.4 Å². The molecule has 0 unspecified atom stereocenters. The van der Waals surface area contributed by atoms with E-state index in [0.717, 1.165) is 12.1 Å². The lowest BCUT2D eigenvalue weighted by Gasteiger charge is -2.13. The second-order valence-corrected chi connectivity index (χ2v) is 4.52. The quantitative estimate of drug-likeness (QED) is 0.908. The van der Waals surface area contributed by atoms with Crippen molar-refractivity contribution in [1.82, 2.24) is 10.3 Å². The highest BCUT2D eigenvalue weighted by Crippen LogP contribution is 2.34. The maximum Gasteiger partial charge on any atom is 0.418 e. The van der Waals surface area contributed by atoms with Crippen molar-refractivity contribution in [3.05, 3.63) is 59.9 Å². The number of pyridine rings is 1. The third-order valence-electron chi connectivity index (χ3n) is 2.84.